The minimum atomic E-state index is -1.63. The number of phenols is 1. The lowest BCUT2D eigenvalue weighted by Gasteiger charge is -2.56. The lowest BCUT2D eigenvalue weighted by molar-refractivity contribution is -0.156. The molecule has 5 rings (SSSR count). The molecule has 0 saturated carbocycles. The normalized spacial score (nSPS) is 30.0. The molecule has 1 aromatic carbocycles. The summed E-state index contributed by atoms with van der Waals surface area (Å²) in [4.78, 5) is 50.3. The van der Waals surface area contributed by atoms with Crippen molar-refractivity contribution in [1.82, 2.24) is 10.2 Å². The van der Waals surface area contributed by atoms with E-state index in [1.807, 2.05) is 13.1 Å². The predicted molar refractivity (Wildman–Crippen MR) is 133 cm³/mol. The summed E-state index contributed by atoms with van der Waals surface area (Å²) < 4.78 is 16.7. The second kappa shape index (κ2) is 9.53. The number of nitrogens with one attached hydrogen (secondary N) is 1. The van der Waals surface area contributed by atoms with Crippen LogP contribution < -0.4 is 10.1 Å². The van der Waals surface area contributed by atoms with Gasteiger partial charge < -0.3 is 39.7 Å². The molecule has 210 valence electrons. The molecule has 12 heteroatoms. The first-order chi connectivity index (χ1) is 18.4. The molecule has 6 atom stereocenters. The lowest BCUT2D eigenvalue weighted by Crippen LogP contribution is -2.69. The summed E-state index contributed by atoms with van der Waals surface area (Å²) in [5.41, 5.74) is -0.543. The molecule has 0 aromatic heterocycles. The molecular weight excluding hydrogens is 512 g/mol. The Hall–Kier alpha value is -3.64. The number of esters is 2. The number of benzene rings is 1. The quantitative estimate of drug-likeness (QED) is 0.353. The van der Waals surface area contributed by atoms with E-state index in [1.165, 1.54) is 6.92 Å². The second-order valence-electron chi connectivity index (χ2n) is 10.8. The number of carbonyl (C=O) groups excluding carboxylic acids is 3. The van der Waals surface area contributed by atoms with Crippen molar-refractivity contribution in [2.75, 3.05) is 13.6 Å². The van der Waals surface area contributed by atoms with Gasteiger partial charge in [-0.3, -0.25) is 14.4 Å². The minimum Gasteiger partial charge on any atom is -0.504 e. The number of likely N-dealkylation sites (tertiary alicyclic amines) is 1. The third kappa shape index (κ3) is 4.13. The summed E-state index contributed by atoms with van der Waals surface area (Å²) in [6.45, 7) is 3.14. The number of aromatic hydroxyl groups is 1. The number of aliphatic carboxylic acids is 1. The Morgan fingerprint density at radius 2 is 2.03 bits per heavy atom. The summed E-state index contributed by atoms with van der Waals surface area (Å²) in [6, 6.07) is 1.54. The molecule has 4 aliphatic rings. The number of rotatable bonds is 7. The van der Waals surface area contributed by atoms with Gasteiger partial charge in [0.15, 0.2) is 23.7 Å². The average Bonchev–Trinajstić information content (AvgIpc) is 3.20. The standard InChI is InChI=1S/C27H32N2O10/c1-13(37-14(2)30)24(33)28-16(25(34)35)12-20(32)38-18-7-9-27(36)19-11-15-5-6-17(31)22-21(15)26(27,23(18)39-22)8-4-10-29(19)3/h5-7,13,16,19,23,31,36H,4,8-12H2,1-3H3,(H,28,33)(H,34,35)/t13-,16-,19+,23-,26-,27+/m0/s1. The van der Waals surface area contributed by atoms with Crippen LogP contribution in [0.2, 0.25) is 0 Å². The fourth-order valence-electron chi connectivity index (χ4n) is 6.82. The number of nitrogens with zero attached hydrogens (tertiary/aromatic N) is 1. The van der Waals surface area contributed by atoms with Crippen LogP contribution >= 0.6 is 0 Å². The second-order valence-corrected chi connectivity index (χ2v) is 10.8. The highest BCUT2D eigenvalue weighted by Gasteiger charge is 2.71. The Bertz CT molecular complexity index is 1280. The Kier molecular flexibility index (Phi) is 6.58. The highest BCUT2D eigenvalue weighted by molar-refractivity contribution is 5.89. The van der Waals surface area contributed by atoms with Crippen molar-refractivity contribution >= 4 is 23.8 Å². The maximum Gasteiger partial charge on any atom is 0.326 e. The van der Waals surface area contributed by atoms with Crippen LogP contribution in [0.3, 0.4) is 0 Å². The molecule has 1 saturated heterocycles. The zero-order valence-corrected chi connectivity index (χ0v) is 21.9. The number of carbonyl (C=O) groups is 4. The topological polar surface area (TPSA) is 172 Å². The van der Waals surface area contributed by atoms with Gasteiger partial charge in [-0.15, -0.1) is 0 Å². The number of likely N-dealkylation sites (N-methyl/N-ethyl adjacent to an activating group) is 1. The van der Waals surface area contributed by atoms with Gasteiger partial charge in [-0.2, -0.15) is 0 Å². The van der Waals surface area contributed by atoms with Crippen LogP contribution in [-0.4, -0.2) is 87.5 Å². The van der Waals surface area contributed by atoms with Crippen molar-refractivity contribution in [2.45, 2.75) is 81.3 Å². The van der Waals surface area contributed by atoms with Gasteiger partial charge in [-0.05, 0) is 57.5 Å². The number of amides is 1. The molecule has 39 heavy (non-hydrogen) atoms. The first-order valence-electron chi connectivity index (χ1n) is 12.9. The maximum atomic E-state index is 13.0. The van der Waals surface area contributed by atoms with Gasteiger partial charge in [-0.1, -0.05) is 6.07 Å². The van der Waals surface area contributed by atoms with Gasteiger partial charge >= 0.3 is 17.9 Å². The van der Waals surface area contributed by atoms with Crippen LogP contribution in [0, 0.1) is 0 Å². The summed E-state index contributed by atoms with van der Waals surface area (Å²) in [5.74, 6) is -3.68. The van der Waals surface area contributed by atoms with E-state index in [2.05, 4.69) is 10.2 Å². The third-order valence-corrected chi connectivity index (χ3v) is 8.51. The van der Waals surface area contributed by atoms with Crippen molar-refractivity contribution in [2.24, 2.45) is 0 Å². The van der Waals surface area contributed by atoms with Gasteiger partial charge in [0.05, 0.1) is 17.4 Å². The van der Waals surface area contributed by atoms with E-state index in [1.54, 1.807) is 12.1 Å². The number of aliphatic hydroxyl groups is 1. The Morgan fingerprint density at radius 3 is 2.72 bits per heavy atom. The molecular formula is C27H32N2O10. The molecule has 12 nitrogen and oxygen atoms in total. The van der Waals surface area contributed by atoms with E-state index in [-0.39, 0.29) is 29.7 Å². The number of carboxylic acid groups (broad SMARTS) is 1. The fourth-order valence-corrected chi connectivity index (χ4v) is 6.82. The summed E-state index contributed by atoms with van der Waals surface area (Å²) in [5, 5.41) is 34.7. The molecule has 2 bridgehead atoms. The SMILES string of the molecule is CC(=O)O[C@@H](C)C(=O)N[C@@H](CC(=O)OC1=CC[C@@]2(O)[C@H]3Cc4ccc(O)c5c4[C@@]2(CCCN3C)[C@H]1O5)C(=O)O. The summed E-state index contributed by atoms with van der Waals surface area (Å²) >= 11 is 0. The van der Waals surface area contributed by atoms with Crippen molar-refractivity contribution < 1.29 is 48.7 Å². The predicted octanol–water partition coefficient (Wildman–Crippen LogP) is 0.514. The van der Waals surface area contributed by atoms with Gasteiger partial charge in [0.25, 0.3) is 5.91 Å². The molecule has 1 spiro atoms. The van der Waals surface area contributed by atoms with E-state index in [9.17, 15) is 34.5 Å². The number of hydrogen-bond acceptors (Lipinski definition) is 10. The van der Waals surface area contributed by atoms with Crippen LogP contribution in [0.1, 0.15) is 50.7 Å². The van der Waals surface area contributed by atoms with Crippen LogP contribution in [0.5, 0.6) is 11.5 Å². The monoisotopic (exact) mass is 544 g/mol. The van der Waals surface area contributed by atoms with E-state index in [4.69, 9.17) is 14.2 Å². The van der Waals surface area contributed by atoms with Crippen molar-refractivity contribution in [3.05, 3.63) is 35.1 Å². The minimum absolute atomic E-state index is 0.0721. The highest BCUT2D eigenvalue weighted by Crippen LogP contribution is 2.64. The maximum absolute atomic E-state index is 13.0. The van der Waals surface area contributed by atoms with E-state index >= 15 is 0 Å². The van der Waals surface area contributed by atoms with E-state index in [0.29, 0.717) is 12.8 Å². The smallest absolute Gasteiger partial charge is 0.326 e. The number of phenolic OH excluding ortho intramolecular Hbond substituents is 1. The van der Waals surface area contributed by atoms with Gasteiger partial charge in [0, 0.05) is 24.9 Å². The van der Waals surface area contributed by atoms with Crippen LogP contribution in [0.4, 0.5) is 0 Å². The first kappa shape index (κ1) is 26.9. The molecule has 1 fully saturated rings. The molecule has 0 radical (unpaired) electrons. The number of carboxylic acids is 1. The molecule has 4 N–H and O–H groups in total. The number of hydrogen-bond donors (Lipinski definition) is 4. The number of ether oxygens (including phenoxy) is 3. The van der Waals surface area contributed by atoms with Gasteiger partial charge in [0.1, 0.15) is 11.8 Å². The van der Waals surface area contributed by atoms with Gasteiger partial charge in [0.2, 0.25) is 0 Å². The van der Waals surface area contributed by atoms with Crippen molar-refractivity contribution in [1.29, 1.82) is 0 Å². The third-order valence-electron chi connectivity index (χ3n) is 8.51. The van der Waals surface area contributed by atoms with Crippen molar-refractivity contribution in [3.8, 4) is 11.5 Å². The van der Waals surface area contributed by atoms with Crippen LogP contribution in [0.25, 0.3) is 0 Å². The van der Waals surface area contributed by atoms with E-state index in [0.717, 1.165) is 31.0 Å². The highest BCUT2D eigenvalue weighted by atomic mass is 16.6. The average molecular weight is 545 g/mol. The molecule has 2 aliphatic heterocycles. The van der Waals surface area contributed by atoms with Crippen LogP contribution in [0.15, 0.2) is 24.0 Å². The Morgan fingerprint density at radius 1 is 1.28 bits per heavy atom. The summed E-state index contributed by atoms with van der Waals surface area (Å²) in [6.07, 6.45) is 0.715. The van der Waals surface area contributed by atoms with E-state index < -0.39 is 59.5 Å². The molecule has 1 aromatic rings. The first-order valence-corrected chi connectivity index (χ1v) is 12.9. The molecule has 2 heterocycles. The van der Waals surface area contributed by atoms with Gasteiger partial charge in [-0.25, -0.2) is 4.79 Å². The lowest BCUT2D eigenvalue weighted by atomic mass is 9.52. The molecule has 1 amide bonds. The molecule has 2 aliphatic carbocycles. The fraction of sp³-hybridized carbons (Fsp3) is 0.556. The largest absolute Gasteiger partial charge is 0.504 e. The zero-order chi connectivity index (χ0) is 28.3. The Balaban J connectivity index is 1.42. The van der Waals surface area contributed by atoms with Crippen LogP contribution in [-0.2, 0) is 40.5 Å². The summed E-state index contributed by atoms with van der Waals surface area (Å²) in [7, 11) is 1.97. The molecule has 0 unspecified atom stereocenters. The Labute approximate surface area is 224 Å². The zero-order valence-electron chi connectivity index (χ0n) is 21.9. The van der Waals surface area contributed by atoms with Crippen molar-refractivity contribution in [3.63, 3.8) is 0 Å².